The minimum Gasteiger partial charge on any atom is -0.495 e. The van der Waals surface area contributed by atoms with Gasteiger partial charge in [-0.15, -0.1) is 0 Å². The third kappa shape index (κ3) is 5.50. The van der Waals surface area contributed by atoms with E-state index in [0.717, 1.165) is 68.6 Å². The fourth-order valence-corrected chi connectivity index (χ4v) is 7.00. The number of fused-ring (bicyclic) bond motifs is 1. The topological polar surface area (TPSA) is 142 Å². The molecule has 12 heteroatoms. The summed E-state index contributed by atoms with van der Waals surface area (Å²) >= 11 is 0. The molecule has 1 saturated carbocycles. The van der Waals surface area contributed by atoms with E-state index in [4.69, 9.17) is 15.5 Å². The largest absolute Gasteiger partial charge is 0.495 e. The zero-order valence-electron chi connectivity index (χ0n) is 25.5. The second-order valence-corrected chi connectivity index (χ2v) is 12.1. The van der Waals surface area contributed by atoms with E-state index in [9.17, 15) is 14.9 Å². The van der Waals surface area contributed by atoms with Gasteiger partial charge in [-0.3, -0.25) is 19.8 Å². The molecule has 1 aliphatic carbocycles. The van der Waals surface area contributed by atoms with Gasteiger partial charge in [0.1, 0.15) is 11.6 Å². The van der Waals surface area contributed by atoms with Crippen molar-refractivity contribution in [3.8, 4) is 5.75 Å². The van der Waals surface area contributed by atoms with Crippen molar-refractivity contribution in [3.63, 3.8) is 0 Å². The van der Waals surface area contributed by atoms with Crippen LogP contribution in [0.15, 0.2) is 65.1 Å². The molecule has 0 spiro atoms. The van der Waals surface area contributed by atoms with E-state index in [1.165, 1.54) is 24.3 Å². The first kappa shape index (κ1) is 29.6. The van der Waals surface area contributed by atoms with Gasteiger partial charge in [-0.25, -0.2) is 4.99 Å². The van der Waals surface area contributed by atoms with E-state index in [0.29, 0.717) is 34.9 Å². The van der Waals surface area contributed by atoms with Gasteiger partial charge in [0.25, 0.3) is 11.6 Å². The van der Waals surface area contributed by atoms with Crippen LogP contribution in [0.1, 0.15) is 48.5 Å². The molecule has 2 aromatic rings. The Labute approximate surface area is 257 Å². The van der Waals surface area contributed by atoms with Gasteiger partial charge < -0.3 is 30.9 Å². The Hall–Kier alpha value is -4.42. The third-order valence-electron chi connectivity index (χ3n) is 9.53. The maximum absolute atomic E-state index is 12.9. The highest BCUT2D eigenvalue weighted by Gasteiger charge is 2.48. The second kappa shape index (κ2) is 11.9. The summed E-state index contributed by atoms with van der Waals surface area (Å²) in [7, 11) is 3.75. The third-order valence-corrected chi connectivity index (χ3v) is 9.53. The summed E-state index contributed by atoms with van der Waals surface area (Å²) in [5.41, 5.74) is 9.44. The molecule has 3 aliphatic heterocycles. The van der Waals surface area contributed by atoms with Crippen molar-refractivity contribution in [2.24, 2.45) is 10.7 Å². The summed E-state index contributed by atoms with van der Waals surface area (Å²) in [5.74, 6) is 0.657. The molecule has 1 saturated heterocycles. The predicted molar refractivity (Wildman–Crippen MR) is 170 cm³/mol. The highest BCUT2D eigenvalue weighted by atomic mass is 16.6. The van der Waals surface area contributed by atoms with Gasteiger partial charge in [-0.2, -0.15) is 0 Å². The number of non-ortho nitro benzene ring substituents is 1. The van der Waals surface area contributed by atoms with E-state index >= 15 is 0 Å². The first-order valence-electron chi connectivity index (χ1n) is 15.2. The van der Waals surface area contributed by atoms with Crippen LogP contribution in [0, 0.1) is 10.1 Å². The van der Waals surface area contributed by atoms with Crippen LogP contribution in [-0.4, -0.2) is 90.0 Å². The van der Waals surface area contributed by atoms with E-state index in [1.807, 2.05) is 12.1 Å². The number of hydrogen-bond acceptors (Lipinski definition) is 10. The lowest BCUT2D eigenvalue weighted by molar-refractivity contribution is -0.384. The quantitative estimate of drug-likeness (QED) is 0.321. The molecule has 44 heavy (non-hydrogen) atoms. The molecule has 1 unspecified atom stereocenters. The minimum atomic E-state index is -0.633. The molecule has 12 nitrogen and oxygen atoms in total. The number of nitrogens with zero attached hydrogens (tertiary/aromatic N) is 5. The molecule has 232 valence electrons. The first-order valence-corrected chi connectivity index (χ1v) is 15.2. The molecule has 1 amide bonds. The summed E-state index contributed by atoms with van der Waals surface area (Å²) in [6.45, 7) is 6.67. The normalized spacial score (nSPS) is 25.7. The molecule has 2 fully saturated rings. The Morgan fingerprint density at radius 2 is 1.77 bits per heavy atom. The van der Waals surface area contributed by atoms with E-state index < -0.39 is 16.5 Å². The van der Waals surface area contributed by atoms with Gasteiger partial charge >= 0.3 is 0 Å². The number of nitro groups is 1. The zero-order chi connectivity index (χ0) is 31.0. The summed E-state index contributed by atoms with van der Waals surface area (Å²) in [6.07, 6.45) is 8.38. The molecule has 2 aromatic carbocycles. The Balaban J connectivity index is 1.23. The van der Waals surface area contributed by atoms with Gasteiger partial charge in [0.15, 0.2) is 5.66 Å². The molecule has 1 atom stereocenters. The van der Waals surface area contributed by atoms with Crippen LogP contribution in [0.2, 0.25) is 0 Å². The molecule has 4 aliphatic rings. The monoisotopic (exact) mass is 600 g/mol. The van der Waals surface area contributed by atoms with Gasteiger partial charge in [0.05, 0.1) is 24.1 Å². The fourth-order valence-electron chi connectivity index (χ4n) is 7.00. The molecular weight excluding hydrogens is 560 g/mol. The molecule has 4 N–H and O–H groups in total. The smallest absolute Gasteiger partial charge is 0.269 e. The summed E-state index contributed by atoms with van der Waals surface area (Å²) in [4.78, 5) is 35.8. The number of hydrogen-bond donors (Lipinski definition) is 3. The van der Waals surface area contributed by atoms with Crippen molar-refractivity contribution in [2.75, 3.05) is 45.7 Å². The van der Waals surface area contributed by atoms with Crippen LogP contribution in [0.4, 0.5) is 11.4 Å². The van der Waals surface area contributed by atoms with Crippen LogP contribution in [0.3, 0.4) is 0 Å². The summed E-state index contributed by atoms with van der Waals surface area (Å²) in [6, 6.07) is 12.1. The van der Waals surface area contributed by atoms with Crippen molar-refractivity contribution in [2.45, 2.75) is 50.4 Å². The number of carbonyl (C=O) groups excluding carboxylic acids is 1. The van der Waals surface area contributed by atoms with Crippen LogP contribution in [-0.2, 0) is 0 Å². The van der Waals surface area contributed by atoms with Crippen molar-refractivity contribution in [3.05, 3.63) is 81.3 Å². The number of nitrogens with one attached hydrogen (secondary N) is 2. The number of likely N-dealkylation sites (N-methyl/N-ethyl adjacent to an activating group) is 1. The van der Waals surface area contributed by atoms with E-state index in [1.54, 1.807) is 19.5 Å². The van der Waals surface area contributed by atoms with Gasteiger partial charge in [-0.05, 0) is 69.5 Å². The maximum atomic E-state index is 12.9. The Kier molecular flexibility index (Phi) is 8.04. The van der Waals surface area contributed by atoms with Crippen molar-refractivity contribution in [1.82, 2.24) is 20.0 Å². The minimum absolute atomic E-state index is 0.0763. The SMILES string of the molecule is COc1cc(C2=CN(C3CCC(N4CCN(C)CC4)CC3)C3(C)N=CNC(N)=C23)ccc1NC(=O)c1ccc([N+](=O)[O-])cc1. The maximum Gasteiger partial charge on any atom is 0.269 e. The standard InChI is InChI=1S/C32H40N8O4/c1-32-29(30(33)34-20-35-32)26(19-39(32)24-11-9-23(10-12-24)38-16-14-37(2)15-17-38)22-6-13-27(28(18-22)44-3)36-31(41)21-4-7-25(8-5-21)40(42)43/h4-8,13,18-20,23-24H,9-12,14-17,33H2,1-3H3,(H,34,35)(H,36,41). The van der Waals surface area contributed by atoms with Gasteiger partial charge in [0, 0.05) is 73.3 Å². The van der Waals surface area contributed by atoms with Crippen molar-refractivity contribution in [1.29, 1.82) is 0 Å². The van der Waals surface area contributed by atoms with E-state index in [2.05, 4.69) is 45.5 Å². The lowest BCUT2D eigenvalue weighted by atomic mass is 9.86. The molecule has 0 bridgehead atoms. The van der Waals surface area contributed by atoms with Crippen molar-refractivity contribution < 1.29 is 14.5 Å². The van der Waals surface area contributed by atoms with Crippen LogP contribution < -0.4 is 21.1 Å². The number of aliphatic imine (C=N–C) groups is 1. The van der Waals surface area contributed by atoms with Gasteiger partial charge in [-0.1, -0.05) is 6.07 Å². The number of nitrogens with two attached hydrogens (primary N) is 1. The van der Waals surface area contributed by atoms with E-state index in [-0.39, 0.29) is 5.69 Å². The van der Waals surface area contributed by atoms with Crippen LogP contribution in [0.5, 0.6) is 5.75 Å². The number of piperazine rings is 1. The lowest BCUT2D eigenvalue weighted by Gasteiger charge is -2.46. The number of anilines is 1. The zero-order valence-corrected chi connectivity index (χ0v) is 25.5. The molecule has 6 rings (SSSR count). The number of rotatable bonds is 7. The predicted octanol–water partition coefficient (Wildman–Crippen LogP) is 3.59. The average Bonchev–Trinajstić information content (AvgIpc) is 3.35. The number of benzene rings is 2. The molecule has 3 heterocycles. The molecule has 0 radical (unpaired) electrons. The Bertz CT molecular complexity index is 1520. The highest BCUT2D eigenvalue weighted by Crippen LogP contribution is 2.48. The number of amides is 1. The Morgan fingerprint density at radius 3 is 2.43 bits per heavy atom. The summed E-state index contributed by atoms with van der Waals surface area (Å²) < 4.78 is 5.70. The summed E-state index contributed by atoms with van der Waals surface area (Å²) in [5, 5.41) is 16.9. The number of ether oxygens (including phenoxy) is 1. The number of nitro benzene ring substituents is 1. The fraction of sp³-hybridized carbons (Fsp3) is 0.438. The second-order valence-electron chi connectivity index (χ2n) is 12.1. The first-order chi connectivity index (χ1) is 21.2. The lowest BCUT2D eigenvalue weighted by Crippen LogP contribution is -2.53. The molecular formula is C32H40N8O4. The van der Waals surface area contributed by atoms with Gasteiger partial charge in [0.2, 0.25) is 0 Å². The van der Waals surface area contributed by atoms with Crippen molar-refractivity contribution >= 4 is 29.2 Å². The van der Waals surface area contributed by atoms with Crippen LogP contribution in [0.25, 0.3) is 5.57 Å². The average molecular weight is 601 g/mol. The molecule has 0 aromatic heterocycles. The highest BCUT2D eigenvalue weighted by molar-refractivity contribution is 6.05. The number of methoxy groups -OCH3 is 1. The van der Waals surface area contributed by atoms with Crippen LogP contribution >= 0.6 is 0 Å². The number of carbonyl (C=O) groups is 1. The Morgan fingerprint density at radius 1 is 1.09 bits per heavy atom.